The maximum Gasteiger partial charge on any atom is 0.227 e. The van der Waals surface area contributed by atoms with Gasteiger partial charge in [-0.15, -0.1) is 0 Å². The Balaban J connectivity index is 1.95. The van der Waals surface area contributed by atoms with Crippen molar-refractivity contribution < 1.29 is 8.42 Å². The molecule has 0 radical (unpaired) electrons. The van der Waals surface area contributed by atoms with E-state index in [1.807, 2.05) is 11.8 Å². The minimum Gasteiger partial charge on any atom is -0.382 e. The number of piperidine rings is 1. The van der Waals surface area contributed by atoms with Crippen LogP contribution >= 0.6 is 0 Å². The molecule has 7 heteroatoms. The Morgan fingerprint density at radius 3 is 2.35 bits per heavy atom. The van der Waals surface area contributed by atoms with Crippen LogP contribution in [0.25, 0.3) is 0 Å². The van der Waals surface area contributed by atoms with Gasteiger partial charge in [-0.2, -0.15) is 4.98 Å². The molecule has 1 aromatic carbocycles. The molecule has 1 fully saturated rings. The fraction of sp³-hybridized carbons (Fsp3) is 0.375. The first-order chi connectivity index (χ1) is 11.0. The molecule has 2 heterocycles. The molecule has 0 bridgehead atoms. The lowest BCUT2D eigenvalue weighted by Crippen LogP contribution is -2.31. The molecule has 2 N–H and O–H groups in total. The van der Waals surface area contributed by atoms with E-state index >= 15 is 0 Å². The largest absolute Gasteiger partial charge is 0.382 e. The Bertz CT molecular complexity index is 797. The summed E-state index contributed by atoms with van der Waals surface area (Å²) < 4.78 is 25.4. The second-order valence-corrected chi connectivity index (χ2v) is 7.70. The predicted octanol–water partition coefficient (Wildman–Crippen LogP) is 2.19. The maximum atomic E-state index is 12.7. The van der Waals surface area contributed by atoms with Crippen LogP contribution < -0.4 is 10.6 Å². The van der Waals surface area contributed by atoms with Crippen LogP contribution in [0.5, 0.6) is 0 Å². The summed E-state index contributed by atoms with van der Waals surface area (Å²) in [4.78, 5) is 10.7. The van der Waals surface area contributed by atoms with Gasteiger partial charge >= 0.3 is 0 Å². The third-order valence-corrected chi connectivity index (χ3v) is 5.82. The second kappa shape index (κ2) is 6.16. The van der Waals surface area contributed by atoms with Crippen LogP contribution in [0, 0.1) is 6.92 Å². The van der Waals surface area contributed by atoms with Gasteiger partial charge in [0.05, 0.1) is 11.1 Å². The summed E-state index contributed by atoms with van der Waals surface area (Å²) in [6, 6.07) is 6.66. The van der Waals surface area contributed by atoms with Crippen LogP contribution in [-0.4, -0.2) is 31.5 Å². The van der Waals surface area contributed by atoms with Crippen LogP contribution in [-0.2, 0) is 9.84 Å². The third kappa shape index (κ3) is 3.14. The van der Waals surface area contributed by atoms with Crippen molar-refractivity contribution in [1.82, 2.24) is 9.97 Å². The molecule has 0 amide bonds. The van der Waals surface area contributed by atoms with Crippen molar-refractivity contribution in [2.24, 2.45) is 0 Å². The smallest absolute Gasteiger partial charge is 0.227 e. The van der Waals surface area contributed by atoms with Crippen molar-refractivity contribution in [3.63, 3.8) is 0 Å². The van der Waals surface area contributed by atoms with Gasteiger partial charge in [-0.25, -0.2) is 13.4 Å². The first-order valence-corrected chi connectivity index (χ1v) is 9.16. The molecule has 23 heavy (non-hydrogen) atoms. The number of sulfone groups is 1. The minimum atomic E-state index is -3.70. The molecule has 0 saturated carbocycles. The van der Waals surface area contributed by atoms with Gasteiger partial charge < -0.3 is 10.6 Å². The standard InChI is InChI=1S/C16H20N4O2S/c1-12-5-7-13(8-6-12)23(21,22)14-11-18-16(19-15(14)17)20-9-3-2-4-10-20/h5-8,11H,2-4,9-10H2,1H3,(H2,17,18,19). The summed E-state index contributed by atoms with van der Waals surface area (Å²) in [6.07, 6.45) is 4.70. The van der Waals surface area contributed by atoms with Gasteiger partial charge in [0, 0.05) is 13.1 Å². The normalized spacial score (nSPS) is 15.6. The molecular weight excluding hydrogens is 312 g/mol. The Morgan fingerprint density at radius 2 is 1.74 bits per heavy atom. The molecule has 122 valence electrons. The molecule has 3 rings (SSSR count). The van der Waals surface area contributed by atoms with Gasteiger partial charge in [0.15, 0.2) is 0 Å². The summed E-state index contributed by atoms with van der Waals surface area (Å²) in [5, 5.41) is 0. The highest BCUT2D eigenvalue weighted by atomic mass is 32.2. The zero-order valence-electron chi connectivity index (χ0n) is 13.1. The van der Waals surface area contributed by atoms with E-state index in [1.165, 1.54) is 12.6 Å². The van der Waals surface area contributed by atoms with E-state index in [9.17, 15) is 8.42 Å². The molecule has 1 saturated heterocycles. The molecule has 2 aromatic rings. The summed E-state index contributed by atoms with van der Waals surface area (Å²) in [7, 11) is -3.70. The van der Waals surface area contributed by atoms with Crippen LogP contribution in [0.2, 0.25) is 0 Å². The molecule has 1 aliphatic rings. The Hall–Kier alpha value is -2.15. The number of benzene rings is 1. The van der Waals surface area contributed by atoms with Crippen molar-refractivity contribution in [2.75, 3.05) is 23.7 Å². The highest BCUT2D eigenvalue weighted by Crippen LogP contribution is 2.26. The SMILES string of the molecule is Cc1ccc(S(=O)(=O)c2cnc(N3CCCCC3)nc2N)cc1. The average molecular weight is 332 g/mol. The van der Waals surface area contributed by atoms with Gasteiger partial charge in [0.1, 0.15) is 10.7 Å². The van der Waals surface area contributed by atoms with Crippen molar-refractivity contribution in [2.45, 2.75) is 36.0 Å². The lowest BCUT2D eigenvalue weighted by Gasteiger charge is -2.26. The van der Waals surface area contributed by atoms with Crippen molar-refractivity contribution >= 4 is 21.6 Å². The van der Waals surface area contributed by atoms with E-state index in [-0.39, 0.29) is 15.6 Å². The van der Waals surface area contributed by atoms with E-state index in [2.05, 4.69) is 9.97 Å². The molecule has 1 aliphatic heterocycles. The van der Waals surface area contributed by atoms with Crippen molar-refractivity contribution in [1.29, 1.82) is 0 Å². The lowest BCUT2D eigenvalue weighted by atomic mass is 10.1. The van der Waals surface area contributed by atoms with Crippen molar-refractivity contribution in [3.05, 3.63) is 36.0 Å². The quantitative estimate of drug-likeness (QED) is 0.927. The number of hydrogen-bond acceptors (Lipinski definition) is 6. The zero-order chi connectivity index (χ0) is 16.4. The summed E-state index contributed by atoms with van der Waals surface area (Å²) in [5.41, 5.74) is 6.92. The van der Waals surface area contributed by atoms with Gasteiger partial charge in [-0.3, -0.25) is 0 Å². The monoisotopic (exact) mass is 332 g/mol. The minimum absolute atomic E-state index is 0.00106. The number of nitrogens with zero attached hydrogens (tertiary/aromatic N) is 3. The molecule has 0 unspecified atom stereocenters. The van der Waals surface area contributed by atoms with Crippen LogP contribution in [0.3, 0.4) is 0 Å². The number of hydrogen-bond donors (Lipinski definition) is 1. The van der Waals surface area contributed by atoms with Gasteiger partial charge in [-0.1, -0.05) is 17.7 Å². The number of rotatable bonds is 3. The average Bonchev–Trinajstić information content (AvgIpc) is 2.56. The number of aryl methyl sites for hydroxylation is 1. The van der Waals surface area contributed by atoms with Crippen LogP contribution in [0.4, 0.5) is 11.8 Å². The molecule has 1 aromatic heterocycles. The summed E-state index contributed by atoms with van der Waals surface area (Å²) >= 11 is 0. The van der Waals surface area contributed by atoms with Crippen LogP contribution in [0.1, 0.15) is 24.8 Å². The van der Waals surface area contributed by atoms with Gasteiger partial charge in [-0.05, 0) is 38.3 Å². The number of nitrogens with two attached hydrogens (primary N) is 1. The van der Waals surface area contributed by atoms with Gasteiger partial charge in [0.25, 0.3) is 0 Å². The highest BCUT2D eigenvalue weighted by molar-refractivity contribution is 7.91. The Labute approximate surface area is 136 Å². The fourth-order valence-corrected chi connectivity index (χ4v) is 3.93. The molecule has 0 atom stereocenters. The van der Waals surface area contributed by atoms with E-state index in [0.717, 1.165) is 31.5 Å². The highest BCUT2D eigenvalue weighted by Gasteiger charge is 2.23. The first kappa shape index (κ1) is 15.7. The molecule has 6 nitrogen and oxygen atoms in total. The van der Waals surface area contributed by atoms with Crippen molar-refractivity contribution in [3.8, 4) is 0 Å². The van der Waals surface area contributed by atoms with E-state index in [4.69, 9.17) is 5.73 Å². The molecule has 0 aliphatic carbocycles. The molecular formula is C16H20N4O2S. The van der Waals surface area contributed by atoms with Gasteiger partial charge in [0.2, 0.25) is 15.8 Å². The molecule has 0 spiro atoms. The summed E-state index contributed by atoms with van der Waals surface area (Å²) in [5.74, 6) is 0.506. The second-order valence-electron chi connectivity index (χ2n) is 5.78. The number of anilines is 2. The third-order valence-electron chi connectivity index (χ3n) is 4.03. The van der Waals surface area contributed by atoms with E-state index in [1.54, 1.807) is 24.3 Å². The fourth-order valence-electron chi connectivity index (χ4n) is 2.67. The number of nitrogen functional groups attached to an aromatic ring is 1. The lowest BCUT2D eigenvalue weighted by molar-refractivity contribution is 0.567. The predicted molar refractivity (Wildman–Crippen MR) is 89.1 cm³/mol. The topological polar surface area (TPSA) is 89.2 Å². The number of aromatic nitrogens is 2. The maximum absolute atomic E-state index is 12.7. The zero-order valence-corrected chi connectivity index (χ0v) is 13.9. The van der Waals surface area contributed by atoms with Crippen LogP contribution in [0.15, 0.2) is 40.3 Å². The summed E-state index contributed by atoms with van der Waals surface area (Å²) in [6.45, 7) is 3.66. The first-order valence-electron chi connectivity index (χ1n) is 7.68. The van der Waals surface area contributed by atoms with E-state index < -0.39 is 9.84 Å². The van der Waals surface area contributed by atoms with E-state index in [0.29, 0.717) is 5.95 Å². The Morgan fingerprint density at radius 1 is 1.09 bits per heavy atom. The Kier molecular flexibility index (Phi) is 4.21.